The van der Waals surface area contributed by atoms with E-state index in [0.29, 0.717) is 25.6 Å². The van der Waals surface area contributed by atoms with E-state index in [9.17, 15) is 18.0 Å². The van der Waals surface area contributed by atoms with Gasteiger partial charge in [-0.1, -0.05) is 18.2 Å². The zero-order valence-electron chi connectivity index (χ0n) is 16.4. The van der Waals surface area contributed by atoms with Gasteiger partial charge in [-0.25, -0.2) is 0 Å². The quantitative estimate of drug-likeness (QED) is 0.259. The van der Waals surface area contributed by atoms with Crippen molar-refractivity contribution in [2.45, 2.75) is 32.1 Å². The number of guanidine groups is 1. The van der Waals surface area contributed by atoms with Crippen LogP contribution in [-0.2, 0) is 19.3 Å². The minimum absolute atomic E-state index is 0. The third kappa shape index (κ3) is 8.08. The van der Waals surface area contributed by atoms with Crippen LogP contribution in [0, 0.1) is 0 Å². The Balaban J connectivity index is 0.00000420. The number of aromatic nitrogens is 1. The van der Waals surface area contributed by atoms with Crippen molar-refractivity contribution < 1.29 is 13.2 Å². The number of halogens is 4. The molecule has 0 fully saturated rings. The fourth-order valence-corrected chi connectivity index (χ4v) is 2.79. The molecule has 0 saturated carbocycles. The van der Waals surface area contributed by atoms with Gasteiger partial charge in [0.25, 0.3) is 0 Å². The van der Waals surface area contributed by atoms with E-state index in [1.165, 1.54) is 18.2 Å². The number of hydrogen-bond acceptors (Lipinski definition) is 2. The van der Waals surface area contributed by atoms with Crippen LogP contribution in [0.5, 0.6) is 0 Å². The molecule has 0 bridgehead atoms. The van der Waals surface area contributed by atoms with Crippen LogP contribution in [0.3, 0.4) is 0 Å². The van der Waals surface area contributed by atoms with Crippen molar-refractivity contribution in [3.05, 3.63) is 70.1 Å². The van der Waals surface area contributed by atoms with E-state index in [0.717, 1.165) is 30.5 Å². The number of alkyl halides is 3. The van der Waals surface area contributed by atoms with E-state index in [4.69, 9.17) is 0 Å². The molecule has 0 aliphatic rings. The van der Waals surface area contributed by atoms with E-state index >= 15 is 0 Å². The molecule has 0 aliphatic carbocycles. The van der Waals surface area contributed by atoms with E-state index < -0.39 is 11.7 Å². The highest BCUT2D eigenvalue weighted by molar-refractivity contribution is 14.0. The second kappa shape index (κ2) is 11.8. The van der Waals surface area contributed by atoms with Crippen molar-refractivity contribution in [1.82, 2.24) is 14.8 Å². The summed E-state index contributed by atoms with van der Waals surface area (Å²) < 4.78 is 39.6. The molecule has 1 heterocycles. The highest BCUT2D eigenvalue weighted by Crippen LogP contribution is 2.29. The first kappa shape index (κ1) is 25.0. The maximum Gasteiger partial charge on any atom is 0.416 e. The Hall–Kier alpha value is -2.04. The molecule has 0 spiro atoms. The van der Waals surface area contributed by atoms with Crippen molar-refractivity contribution >= 4 is 29.9 Å². The van der Waals surface area contributed by atoms with Crippen LogP contribution in [-0.4, -0.2) is 36.1 Å². The highest BCUT2D eigenvalue weighted by atomic mass is 127. The van der Waals surface area contributed by atoms with Crippen LogP contribution >= 0.6 is 24.0 Å². The first-order chi connectivity index (χ1) is 13.3. The first-order valence-corrected chi connectivity index (χ1v) is 9.04. The molecular weight excluding hydrogens is 496 g/mol. The Labute approximate surface area is 185 Å². The molecule has 1 aromatic heterocycles. The summed E-state index contributed by atoms with van der Waals surface area (Å²) in [7, 11) is 3.49. The van der Waals surface area contributed by atoms with Gasteiger partial charge >= 0.3 is 6.18 Å². The van der Waals surface area contributed by atoms with Gasteiger partial charge < -0.3 is 14.8 Å². The number of nitrogens with zero attached hydrogens (tertiary/aromatic N) is 3. The van der Waals surface area contributed by atoms with Gasteiger partial charge in [-0.05, 0) is 36.6 Å². The van der Waals surface area contributed by atoms with Crippen molar-refractivity contribution in [1.29, 1.82) is 0 Å². The minimum atomic E-state index is -4.33. The summed E-state index contributed by atoms with van der Waals surface area (Å²) in [4.78, 5) is 17.7. The predicted molar refractivity (Wildman–Crippen MR) is 120 cm³/mol. The number of nitrogens with one attached hydrogen (secondary N) is 1. The third-order valence-electron chi connectivity index (χ3n) is 4.28. The lowest BCUT2D eigenvalue weighted by atomic mass is 10.1. The largest absolute Gasteiger partial charge is 0.416 e. The van der Waals surface area contributed by atoms with Crippen LogP contribution in [0.1, 0.15) is 24.0 Å². The SMILES string of the molecule is CN=C(NCCCCn1ccccc1=O)N(C)Cc1ccc(C(F)(F)F)cc1.I. The topological polar surface area (TPSA) is 49.6 Å². The standard InChI is InChI=1S/C20H25F3N4O.HI/c1-24-19(25-12-4-6-14-27-13-5-3-7-18(27)28)26(2)15-16-8-10-17(11-9-16)20(21,22)23;/h3,5,7-11,13H,4,6,12,14-15H2,1-2H3,(H,24,25);1H. The molecular formula is C20H26F3IN4O. The molecule has 0 radical (unpaired) electrons. The number of hydrogen-bond donors (Lipinski definition) is 1. The molecule has 2 aromatic rings. The fraction of sp³-hybridized carbons (Fsp3) is 0.400. The average molecular weight is 522 g/mol. The van der Waals surface area contributed by atoms with Gasteiger partial charge in [-0.3, -0.25) is 9.79 Å². The summed E-state index contributed by atoms with van der Waals surface area (Å²) in [6.07, 6.45) is -0.857. The van der Waals surface area contributed by atoms with Gasteiger partial charge in [0.2, 0.25) is 5.56 Å². The maximum atomic E-state index is 12.6. The summed E-state index contributed by atoms with van der Waals surface area (Å²) in [5.74, 6) is 0.664. The van der Waals surface area contributed by atoms with E-state index in [2.05, 4.69) is 10.3 Å². The smallest absolute Gasteiger partial charge is 0.356 e. The van der Waals surface area contributed by atoms with Crippen LogP contribution in [0.4, 0.5) is 13.2 Å². The lowest BCUT2D eigenvalue weighted by molar-refractivity contribution is -0.137. The van der Waals surface area contributed by atoms with Crippen molar-refractivity contribution in [2.75, 3.05) is 20.6 Å². The van der Waals surface area contributed by atoms with Crippen LogP contribution in [0.2, 0.25) is 0 Å². The molecule has 0 aliphatic heterocycles. The number of benzene rings is 1. The van der Waals surface area contributed by atoms with E-state index in [1.807, 2.05) is 18.0 Å². The van der Waals surface area contributed by atoms with E-state index in [-0.39, 0.29) is 29.5 Å². The maximum absolute atomic E-state index is 12.6. The number of aliphatic imine (C=N–C) groups is 1. The van der Waals surface area contributed by atoms with Crippen molar-refractivity contribution in [2.24, 2.45) is 4.99 Å². The van der Waals surface area contributed by atoms with Gasteiger partial charge in [0.15, 0.2) is 5.96 Å². The Morgan fingerprint density at radius 3 is 2.41 bits per heavy atom. The number of pyridine rings is 1. The fourth-order valence-electron chi connectivity index (χ4n) is 2.79. The van der Waals surface area contributed by atoms with E-state index in [1.54, 1.807) is 23.9 Å². The van der Waals surface area contributed by atoms with Gasteiger partial charge in [-0.15, -0.1) is 24.0 Å². The Morgan fingerprint density at radius 1 is 1.14 bits per heavy atom. The lowest BCUT2D eigenvalue weighted by Crippen LogP contribution is -2.39. The van der Waals surface area contributed by atoms with Gasteiger partial charge in [0, 0.05) is 46.0 Å². The second-order valence-electron chi connectivity index (χ2n) is 6.46. The second-order valence-corrected chi connectivity index (χ2v) is 6.46. The molecule has 0 saturated heterocycles. The minimum Gasteiger partial charge on any atom is -0.356 e. The molecule has 0 amide bonds. The molecule has 1 aromatic carbocycles. The molecule has 5 nitrogen and oxygen atoms in total. The normalized spacial score (nSPS) is 11.7. The van der Waals surface area contributed by atoms with Crippen LogP contribution in [0.15, 0.2) is 58.4 Å². The highest BCUT2D eigenvalue weighted by Gasteiger charge is 2.29. The molecule has 9 heteroatoms. The summed E-state index contributed by atoms with van der Waals surface area (Å²) in [5, 5.41) is 3.23. The summed E-state index contributed by atoms with van der Waals surface area (Å²) in [6.45, 7) is 1.78. The van der Waals surface area contributed by atoms with Gasteiger partial charge in [0.05, 0.1) is 5.56 Å². The molecule has 2 rings (SSSR count). The number of unbranched alkanes of at least 4 members (excludes halogenated alkanes) is 1. The molecule has 29 heavy (non-hydrogen) atoms. The Bertz CT molecular complexity index is 835. The predicted octanol–water partition coefficient (Wildman–Crippen LogP) is 3.97. The molecule has 160 valence electrons. The number of aryl methyl sites for hydroxylation is 1. The van der Waals surface area contributed by atoms with Crippen LogP contribution in [0.25, 0.3) is 0 Å². The van der Waals surface area contributed by atoms with Crippen molar-refractivity contribution in [3.8, 4) is 0 Å². The number of rotatable bonds is 7. The third-order valence-corrected chi connectivity index (χ3v) is 4.28. The molecule has 0 unspecified atom stereocenters. The summed E-state index contributed by atoms with van der Waals surface area (Å²) >= 11 is 0. The zero-order chi connectivity index (χ0) is 20.6. The Kier molecular flexibility index (Phi) is 10.2. The monoisotopic (exact) mass is 522 g/mol. The average Bonchev–Trinajstić information content (AvgIpc) is 2.65. The molecule has 1 N–H and O–H groups in total. The van der Waals surface area contributed by atoms with Gasteiger partial charge in [0.1, 0.15) is 0 Å². The van der Waals surface area contributed by atoms with Gasteiger partial charge in [-0.2, -0.15) is 13.2 Å². The van der Waals surface area contributed by atoms with Crippen LogP contribution < -0.4 is 10.9 Å². The first-order valence-electron chi connectivity index (χ1n) is 9.04. The zero-order valence-corrected chi connectivity index (χ0v) is 18.8. The van der Waals surface area contributed by atoms with Crippen molar-refractivity contribution in [3.63, 3.8) is 0 Å². The summed E-state index contributed by atoms with van der Waals surface area (Å²) in [6, 6.07) is 10.2. The Morgan fingerprint density at radius 2 is 1.83 bits per heavy atom. The lowest BCUT2D eigenvalue weighted by Gasteiger charge is -2.22. The molecule has 0 atom stereocenters. The summed E-state index contributed by atoms with van der Waals surface area (Å²) in [5.41, 5.74) is 0.100.